The molecule has 1 aromatic rings. The second kappa shape index (κ2) is 11.9. The van der Waals surface area contributed by atoms with Crippen molar-refractivity contribution in [3.05, 3.63) is 42.5 Å². The highest BCUT2D eigenvalue weighted by Crippen LogP contribution is 2.62. The van der Waals surface area contributed by atoms with Crippen LogP contribution in [0, 0.1) is 17.2 Å². The average Bonchev–Trinajstić information content (AvgIpc) is 3.50. The zero-order valence-electron chi connectivity index (χ0n) is 23.3. The molecule has 1 aromatic carbocycles. The lowest BCUT2D eigenvalue weighted by Gasteiger charge is -2.55. The van der Waals surface area contributed by atoms with E-state index in [1.165, 1.54) is 29.4 Å². The second-order valence-corrected chi connectivity index (χ2v) is 14.0. The van der Waals surface area contributed by atoms with E-state index >= 15 is 0 Å². The molecule has 0 radical (unpaired) electrons. The number of fused-ring (bicyclic) bond motifs is 2. The maximum absolute atomic E-state index is 12.5. The largest absolute Gasteiger partial charge is 0.348 e. The van der Waals surface area contributed by atoms with Gasteiger partial charge in [-0.05, 0) is 63.4 Å². The molecule has 3 saturated heterocycles. The maximum atomic E-state index is 12.5. The van der Waals surface area contributed by atoms with Gasteiger partial charge >= 0.3 is 0 Å². The molecule has 8 nitrogen and oxygen atoms in total. The third kappa shape index (κ3) is 5.33. The number of benzene rings is 1. The Kier molecular flexibility index (Phi) is 8.49. The molecule has 1 amide bonds. The number of likely N-dealkylation sites (tertiary alicyclic amines) is 1. The topological polar surface area (TPSA) is 83.9 Å². The van der Waals surface area contributed by atoms with E-state index in [0.717, 1.165) is 32.4 Å². The van der Waals surface area contributed by atoms with Crippen LogP contribution in [0.2, 0.25) is 0 Å². The highest BCUT2D eigenvalue weighted by Gasteiger charge is 2.54. The number of thioether (sulfide) groups is 1. The van der Waals surface area contributed by atoms with E-state index in [2.05, 4.69) is 64.4 Å². The summed E-state index contributed by atoms with van der Waals surface area (Å²) in [6, 6.07) is 11.4. The van der Waals surface area contributed by atoms with Gasteiger partial charge in [0.1, 0.15) is 0 Å². The molecule has 5 aliphatic rings. The zero-order chi connectivity index (χ0) is 27.9. The number of nitrogens with zero attached hydrogens (tertiary/aromatic N) is 4. The maximum Gasteiger partial charge on any atom is 0.246 e. The summed E-state index contributed by atoms with van der Waals surface area (Å²) in [4.78, 5) is 20.5. The van der Waals surface area contributed by atoms with Crippen LogP contribution in [0.1, 0.15) is 49.5 Å². The quantitative estimate of drug-likeness (QED) is 0.388. The van der Waals surface area contributed by atoms with Crippen LogP contribution in [0.4, 0.5) is 0 Å². The number of piperazine rings is 1. The third-order valence-corrected chi connectivity index (χ3v) is 12.2. The standard InChI is InChI=1S/C30H41ClN6O2S/c1-3-26(38)37-16-15-36(18-20(37)11-13-32)28-22-10-12-30(27(31)23-8-4-5-9-25(23)40-30)17-24(22)33-29(34-28)39-19-21-7-6-14-35(21)2/h3-5,8-9,20-22,24,27-29,33-34H,1,6-7,10-12,14-19H2,2H3/t20?,21?,22?,24?,27?,28?,29?,30-/m1/s1. The fourth-order valence-electron chi connectivity index (χ4n) is 7.67. The van der Waals surface area contributed by atoms with Crippen LogP contribution in [0.3, 0.4) is 0 Å². The van der Waals surface area contributed by atoms with Crippen LogP contribution < -0.4 is 10.6 Å². The molecule has 1 spiro atoms. The Hall–Kier alpha value is -1.64. The molecule has 8 atom stereocenters. The van der Waals surface area contributed by atoms with E-state index in [-0.39, 0.29) is 40.6 Å². The molecule has 40 heavy (non-hydrogen) atoms. The number of amides is 1. The molecule has 4 fully saturated rings. The van der Waals surface area contributed by atoms with Crippen LogP contribution >= 0.6 is 23.4 Å². The van der Waals surface area contributed by atoms with Gasteiger partial charge in [-0.3, -0.25) is 20.3 Å². The van der Waals surface area contributed by atoms with Crippen molar-refractivity contribution < 1.29 is 9.53 Å². The summed E-state index contributed by atoms with van der Waals surface area (Å²) in [5, 5.41) is 17.2. The predicted molar refractivity (Wildman–Crippen MR) is 158 cm³/mol. The first-order chi connectivity index (χ1) is 19.4. The minimum Gasteiger partial charge on any atom is -0.348 e. The summed E-state index contributed by atoms with van der Waals surface area (Å²) in [6.45, 7) is 7.50. The van der Waals surface area contributed by atoms with Gasteiger partial charge in [-0.1, -0.05) is 24.8 Å². The number of hydrogen-bond acceptors (Lipinski definition) is 8. The van der Waals surface area contributed by atoms with Crippen molar-refractivity contribution in [2.75, 3.05) is 39.8 Å². The van der Waals surface area contributed by atoms with Gasteiger partial charge in [0.25, 0.3) is 0 Å². The number of carbonyl (C=O) groups excluding carboxylic acids is 1. The van der Waals surface area contributed by atoms with Crippen molar-refractivity contribution in [2.45, 2.75) is 84.2 Å². The summed E-state index contributed by atoms with van der Waals surface area (Å²) in [5.41, 5.74) is 1.26. The number of rotatable bonds is 6. The Balaban J connectivity index is 1.22. The molecule has 0 aromatic heterocycles. The van der Waals surface area contributed by atoms with E-state index in [4.69, 9.17) is 16.3 Å². The van der Waals surface area contributed by atoms with Gasteiger partial charge in [-0.15, -0.1) is 23.4 Å². The molecule has 1 saturated carbocycles. The number of carbonyl (C=O) groups is 1. The molecule has 0 bridgehead atoms. The van der Waals surface area contributed by atoms with Crippen molar-refractivity contribution >= 4 is 29.3 Å². The van der Waals surface area contributed by atoms with E-state index in [9.17, 15) is 10.1 Å². The van der Waals surface area contributed by atoms with Crippen molar-refractivity contribution in [2.24, 2.45) is 5.92 Å². The Morgan fingerprint density at radius 1 is 1.27 bits per heavy atom. The van der Waals surface area contributed by atoms with E-state index in [0.29, 0.717) is 38.1 Å². The van der Waals surface area contributed by atoms with Crippen molar-refractivity contribution in [3.8, 4) is 6.07 Å². The van der Waals surface area contributed by atoms with Crippen LogP contribution in [-0.2, 0) is 9.53 Å². The zero-order valence-corrected chi connectivity index (χ0v) is 24.9. The van der Waals surface area contributed by atoms with Crippen LogP contribution in [0.5, 0.6) is 0 Å². The van der Waals surface area contributed by atoms with Crippen LogP contribution in [-0.4, -0.2) is 95.8 Å². The molecule has 2 N–H and O–H groups in total. The van der Waals surface area contributed by atoms with Crippen molar-refractivity contribution in [1.29, 1.82) is 5.26 Å². The van der Waals surface area contributed by atoms with Gasteiger partial charge in [0, 0.05) is 47.3 Å². The summed E-state index contributed by atoms with van der Waals surface area (Å²) in [5.74, 6) is 0.278. The Morgan fingerprint density at radius 3 is 2.88 bits per heavy atom. The smallest absolute Gasteiger partial charge is 0.246 e. The van der Waals surface area contributed by atoms with Gasteiger partial charge in [-0.2, -0.15) is 5.26 Å². The summed E-state index contributed by atoms with van der Waals surface area (Å²) in [7, 11) is 2.18. The second-order valence-electron chi connectivity index (χ2n) is 12.1. The van der Waals surface area contributed by atoms with Gasteiger partial charge in [0.15, 0.2) is 6.35 Å². The Labute approximate surface area is 247 Å². The minimum atomic E-state index is -0.264. The lowest BCUT2D eigenvalue weighted by molar-refractivity contribution is -0.135. The van der Waals surface area contributed by atoms with Gasteiger partial charge in [-0.25, -0.2) is 0 Å². The highest BCUT2D eigenvalue weighted by atomic mass is 35.5. The normalized spacial score (nSPS) is 38.1. The summed E-state index contributed by atoms with van der Waals surface area (Å²) in [6.07, 6.45) is 6.97. The van der Waals surface area contributed by atoms with E-state index < -0.39 is 0 Å². The SMILES string of the molecule is C=CC(=O)N1CCN(C2NC(OCC3CCCN3C)NC3C[C@@]4(CCC32)Sc2ccccc2C4Cl)CC1CC#N. The molecule has 4 heterocycles. The third-order valence-electron chi connectivity index (χ3n) is 9.86. The molecular weight excluding hydrogens is 544 g/mol. The van der Waals surface area contributed by atoms with Crippen molar-refractivity contribution in [1.82, 2.24) is 25.3 Å². The molecule has 1 aliphatic carbocycles. The van der Waals surface area contributed by atoms with Gasteiger partial charge in [0.05, 0.1) is 36.7 Å². The molecule has 216 valence electrons. The fraction of sp³-hybridized carbons (Fsp3) is 0.667. The minimum absolute atomic E-state index is 0.00948. The predicted octanol–water partition coefficient (Wildman–Crippen LogP) is 3.51. The first kappa shape index (κ1) is 28.5. The first-order valence-electron chi connectivity index (χ1n) is 14.7. The summed E-state index contributed by atoms with van der Waals surface area (Å²) < 4.78 is 6.51. The van der Waals surface area contributed by atoms with Crippen molar-refractivity contribution in [3.63, 3.8) is 0 Å². The van der Waals surface area contributed by atoms with E-state index in [1.807, 2.05) is 16.7 Å². The summed E-state index contributed by atoms with van der Waals surface area (Å²) >= 11 is 9.19. The lowest BCUT2D eigenvalue weighted by Crippen LogP contribution is -2.72. The van der Waals surface area contributed by atoms with E-state index in [1.54, 1.807) is 0 Å². The number of ether oxygens (including phenoxy) is 1. The van der Waals surface area contributed by atoms with Gasteiger partial charge in [0.2, 0.25) is 5.91 Å². The van der Waals surface area contributed by atoms with Crippen LogP contribution in [0.25, 0.3) is 0 Å². The molecular formula is C30H41ClN6O2S. The average molecular weight is 585 g/mol. The number of alkyl halides is 1. The number of halogens is 1. The number of nitrogens with one attached hydrogen (secondary N) is 2. The highest BCUT2D eigenvalue weighted by molar-refractivity contribution is 8.01. The van der Waals surface area contributed by atoms with Crippen LogP contribution in [0.15, 0.2) is 41.8 Å². The number of likely N-dealkylation sites (N-methyl/N-ethyl adjacent to an activating group) is 1. The number of nitriles is 1. The lowest BCUT2D eigenvalue weighted by atomic mass is 9.73. The molecule has 4 aliphatic heterocycles. The Bertz CT molecular complexity index is 1150. The monoisotopic (exact) mass is 584 g/mol. The van der Waals surface area contributed by atoms with Gasteiger partial charge < -0.3 is 14.5 Å². The molecule has 7 unspecified atom stereocenters. The first-order valence-corrected chi connectivity index (χ1v) is 16.0. The molecule has 10 heteroatoms. The number of hydrogen-bond donors (Lipinski definition) is 2. The Morgan fingerprint density at radius 2 is 2.12 bits per heavy atom. The fourth-order valence-corrected chi connectivity index (χ4v) is 9.86. The molecule has 6 rings (SSSR count).